The Morgan fingerprint density at radius 1 is 0.588 bits per heavy atom. The SMILES string of the molecule is CC(C)CC(N)C(=O)NC1[C@@H](O)[C@@H](CO)O[C@H]1n1cnc2c(N)ccnc21.CCCCC(N)C(=O)NC1[C@@H](O)[C@@H](CO)O[C@H]1n1cnc2c(N)ccnc21.Nc1ccnc2c1ncn2[C@@H]1O[C@H](CO)[C@H](O)C1NC(=O)C(N)C1CC1. The quantitative estimate of drug-likeness (QED) is 0.0405. The summed E-state index contributed by atoms with van der Waals surface area (Å²) in [6.45, 7) is 4.78. The summed E-state index contributed by atoms with van der Waals surface area (Å²) in [5.41, 5.74) is 39.8. The monoisotopic (exact) mass is 1120 g/mol. The molecule has 10 rings (SSSR count). The molecular weight excluding hydrogens is 1040 g/mol. The second-order valence-corrected chi connectivity index (χ2v) is 20.8. The number of nitrogens with zero attached hydrogens (tertiary/aromatic N) is 9. The summed E-state index contributed by atoms with van der Waals surface area (Å²) in [5.74, 6) is -0.688. The van der Waals surface area contributed by atoms with Crippen molar-refractivity contribution in [1.29, 1.82) is 0 Å². The van der Waals surface area contributed by atoms with Gasteiger partial charge in [-0.25, -0.2) is 29.9 Å². The van der Waals surface area contributed by atoms with Crippen LogP contribution in [0.25, 0.3) is 33.5 Å². The fourth-order valence-electron chi connectivity index (χ4n) is 9.93. The Balaban J connectivity index is 0.000000158. The number of pyridine rings is 3. The van der Waals surface area contributed by atoms with Gasteiger partial charge in [0.15, 0.2) is 35.6 Å². The van der Waals surface area contributed by atoms with E-state index < -0.39 is 111 Å². The van der Waals surface area contributed by atoms with Gasteiger partial charge in [-0.05, 0) is 55.7 Å². The van der Waals surface area contributed by atoms with Gasteiger partial charge < -0.3 is 95.2 Å². The molecule has 4 aliphatic rings. The minimum Gasteiger partial charge on any atom is -0.397 e. The van der Waals surface area contributed by atoms with Gasteiger partial charge in [0.2, 0.25) is 17.7 Å². The lowest BCUT2D eigenvalue weighted by Crippen LogP contribution is -2.52. The maximum Gasteiger partial charge on any atom is 0.237 e. The number of aliphatic hydroxyl groups is 6. The number of unbranched alkanes of at least 4 members (excludes halogenated alkanes) is 1. The number of anilines is 3. The fourth-order valence-corrected chi connectivity index (χ4v) is 9.93. The molecule has 6 unspecified atom stereocenters. The number of amides is 3. The van der Waals surface area contributed by atoms with Gasteiger partial charge >= 0.3 is 0 Å². The minimum atomic E-state index is -1.12. The van der Waals surface area contributed by atoms with Crippen LogP contribution in [0.1, 0.15) is 78.0 Å². The first-order valence-corrected chi connectivity index (χ1v) is 26.5. The number of nitrogens with one attached hydrogen (secondary N) is 3. The van der Waals surface area contributed by atoms with E-state index in [0.29, 0.717) is 63.4 Å². The van der Waals surface area contributed by atoms with Crippen molar-refractivity contribution >= 4 is 68.3 Å². The van der Waals surface area contributed by atoms with Crippen LogP contribution in [0, 0.1) is 11.8 Å². The Labute approximate surface area is 458 Å². The first kappa shape index (κ1) is 59.3. The van der Waals surface area contributed by atoms with Gasteiger partial charge in [-0.3, -0.25) is 28.1 Å². The fraction of sp³-hybridized carbons (Fsp3) is 0.580. The van der Waals surface area contributed by atoms with Gasteiger partial charge in [0, 0.05) is 18.6 Å². The highest BCUT2D eigenvalue weighted by molar-refractivity contribution is 5.86. The second kappa shape index (κ2) is 25.8. The van der Waals surface area contributed by atoms with Gasteiger partial charge in [-0.15, -0.1) is 0 Å². The molecule has 4 fully saturated rings. The van der Waals surface area contributed by atoms with Gasteiger partial charge in [-0.1, -0.05) is 33.6 Å². The number of fused-ring (bicyclic) bond motifs is 3. The number of carbonyl (C=O) groups is 3. The molecule has 6 aromatic rings. The smallest absolute Gasteiger partial charge is 0.237 e. The maximum absolute atomic E-state index is 12.5. The normalized spacial score (nSPS) is 27.6. The molecule has 80 heavy (non-hydrogen) atoms. The average molecular weight is 1120 g/mol. The lowest BCUT2D eigenvalue weighted by atomic mass is 10.0. The molecule has 30 heteroatoms. The first-order valence-electron chi connectivity index (χ1n) is 26.5. The topological polar surface area (TPSA) is 485 Å². The summed E-state index contributed by atoms with van der Waals surface area (Å²) in [5, 5.41) is 68.4. The van der Waals surface area contributed by atoms with Crippen LogP contribution < -0.4 is 50.4 Å². The number of carbonyl (C=O) groups excluding carboxylic acids is 3. The van der Waals surface area contributed by atoms with Crippen molar-refractivity contribution in [3.63, 3.8) is 0 Å². The Hall–Kier alpha value is -6.81. The number of imidazole rings is 3. The third-order valence-corrected chi connectivity index (χ3v) is 14.6. The Morgan fingerprint density at radius 2 is 0.938 bits per heavy atom. The van der Waals surface area contributed by atoms with Gasteiger partial charge in [0.05, 0.1) is 74.0 Å². The zero-order chi connectivity index (χ0) is 57.7. The summed E-state index contributed by atoms with van der Waals surface area (Å²) in [7, 11) is 0. The molecule has 436 valence electrons. The van der Waals surface area contributed by atoms with Gasteiger partial charge in [-0.2, -0.15) is 0 Å². The molecule has 15 atom stereocenters. The zero-order valence-corrected chi connectivity index (χ0v) is 44.5. The first-order chi connectivity index (χ1) is 38.3. The Kier molecular flexibility index (Phi) is 19.1. The molecule has 1 aliphatic carbocycles. The van der Waals surface area contributed by atoms with E-state index >= 15 is 0 Å². The number of aromatic nitrogens is 9. The van der Waals surface area contributed by atoms with E-state index in [0.717, 1.165) is 25.7 Å². The van der Waals surface area contributed by atoms with E-state index in [1.807, 2.05) is 20.8 Å². The molecular formula is C50H74N18O12. The standard InChI is InChI=1S/2C17H26N6O4.C16H22N6O4/c1-8(2)5-10(19)16(26)22-13-14(25)11(6-24)27-17(13)23-7-21-12-9(18)3-4-20-15(12)23;1-2-3-4-10(19)16(26)22-13-14(25)11(7-24)27-17(13)23-8-21-12-9(18)5-6-20-15(12)23;17-8-3-4-19-14-11(8)20-6-22(14)16-12(13(24)9(5-23)26-16)21-15(25)10(18)7-1-2-7/h3-4,7-8,10-11,13-14,17,24-25H,5-6,19H2,1-2H3,(H2,18,20)(H,22,26);5-6,8,10-11,13-14,17,24-25H,2-4,7,19H2,1H3,(H2,18,20)(H,22,26);3-4,6-7,9-10,12-13,16,23-24H,1-2,5,18H2,(H2,17,19)(H,21,25)/t2*10?,11-,13?,14+,17-;9-,10?,12?,13+,16-/m111/s1. The van der Waals surface area contributed by atoms with Crippen LogP contribution >= 0.6 is 0 Å². The number of hydrogen-bond donors (Lipinski definition) is 15. The van der Waals surface area contributed by atoms with Crippen molar-refractivity contribution in [2.24, 2.45) is 29.0 Å². The third kappa shape index (κ3) is 12.5. The van der Waals surface area contributed by atoms with E-state index in [-0.39, 0.29) is 30.3 Å². The van der Waals surface area contributed by atoms with Gasteiger partial charge in [0.25, 0.3) is 0 Å². The number of ether oxygens (including phenoxy) is 3. The van der Waals surface area contributed by atoms with E-state index in [1.54, 1.807) is 44.3 Å². The van der Waals surface area contributed by atoms with Crippen molar-refractivity contribution in [2.45, 2.75) is 151 Å². The Bertz CT molecular complexity index is 3070. The molecule has 0 radical (unpaired) electrons. The summed E-state index contributed by atoms with van der Waals surface area (Å²) in [6.07, 6.45) is 5.45. The van der Waals surface area contributed by atoms with Crippen molar-refractivity contribution < 1.29 is 59.2 Å². The molecule has 6 aromatic heterocycles. The van der Waals surface area contributed by atoms with Crippen molar-refractivity contribution in [1.82, 2.24) is 59.6 Å². The van der Waals surface area contributed by atoms with Crippen molar-refractivity contribution in [3.8, 4) is 0 Å². The largest absolute Gasteiger partial charge is 0.397 e. The van der Waals surface area contributed by atoms with E-state index in [2.05, 4.69) is 45.9 Å². The summed E-state index contributed by atoms with van der Waals surface area (Å²) in [4.78, 5) is 62.9. The molecule has 3 saturated heterocycles. The van der Waals surface area contributed by atoms with Crippen LogP contribution in [0.2, 0.25) is 0 Å². The predicted molar refractivity (Wildman–Crippen MR) is 288 cm³/mol. The molecule has 3 aliphatic heterocycles. The predicted octanol–water partition coefficient (Wildman–Crippen LogP) is -3.13. The summed E-state index contributed by atoms with van der Waals surface area (Å²) < 4.78 is 22.1. The highest BCUT2D eigenvalue weighted by Crippen LogP contribution is 2.36. The van der Waals surface area contributed by atoms with Crippen LogP contribution in [-0.4, -0.2) is 185 Å². The lowest BCUT2D eigenvalue weighted by Gasteiger charge is -2.25. The summed E-state index contributed by atoms with van der Waals surface area (Å²) >= 11 is 0. The zero-order valence-electron chi connectivity index (χ0n) is 44.5. The van der Waals surface area contributed by atoms with Crippen LogP contribution in [-0.2, 0) is 28.6 Å². The van der Waals surface area contributed by atoms with Crippen LogP contribution in [0.3, 0.4) is 0 Å². The number of hydrogen-bond acceptors (Lipinski definition) is 24. The maximum atomic E-state index is 12.5. The number of nitrogen functional groups attached to an aromatic ring is 3. The lowest BCUT2D eigenvalue weighted by molar-refractivity contribution is -0.125. The van der Waals surface area contributed by atoms with Crippen LogP contribution in [0.4, 0.5) is 17.1 Å². The molecule has 21 N–H and O–H groups in total. The molecule has 0 bridgehead atoms. The van der Waals surface area contributed by atoms with E-state index in [1.165, 1.54) is 25.2 Å². The number of rotatable bonds is 18. The summed E-state index contributed by atoms with van der Waals surface area (Å²) in [6, 6.07) is 0.440. The molecule has 9 heterocycles. The molecule has 0 aromatic carbocycles. The number of nitrogens with two attached hydrogens (primary N) is 6. The number of aliphatic hydroxyl groups excluding tert-OH is 6. The van der Waals surface area contributed by atoms with Crippen molar-refractivity contribution in [3.05, 3.63) is 55.8 Å². The molecule has 0 spiro atoms. The van der Waals surface area contributed by atoms with Gasteiger partial charge in [0.1, 0.15) is 71.3 Å². The average Bonchev–Trinajstić information content (AvgIpc) is 3.92. The highest BCUT2D eigenvalue weighted by atomic mass is 16.6. The highest BCUT2D eigenvalue weighted by Gasteiger charge is 2.49. The molecule has 30 nitrogen and oxygen atoms in total. The minimum absolute atomic E-state index is 0.178. The third-order valence-electron chi connectivity index (χ3n) is 14.6. The molecule has 3 amide bonds. The van der Waals surface area contributed by atoms with E-state index in [9.17, 15) is 45.0 Å². The Morgan fingerprint density at radius 3 is 1.26 bits per heavy atom. The van der Waals surface area contributed by atoms with Crippen molar-refractivity contribution in [2.75, 3.05) is 37.0 Å². The molecule has 1 saturated carbocycles. The van der Waals surface area contributed by atoms with Crippen LogP contribution in [0.5, 0.6) is 0 Å². The van der Waals surface area contributed by atoms with E-state index in [4.69, 9.17) is 48.6 Å². The second-order valence-electron chi connectivity index (χ2n) is 20.8. The van der Waals surface area contributed by atoms with Crippen LogP contribution in [0.15, 0.2) is 55.8 Å².